The number of carbonyl (C=O) groups is 1. The average Bonchev–Trinajstić information content (AvgIpc) is 3.19. The lowest BCUT2D eigenvalue weighted by Crippen LogP contribution is -2.40. The fourth-order valence-electron chi connectivity index (χ4n) is 3.41. The number of rotatable bonds is 6. The highest BCUT2D eigenvalue weighted by Crippen LogP contribution is 2.34. The summed E-state index contributed by atoms with van der Waals surface area (Å²) in [6.07, 6.45) is 6.45. The first-order chi connectivity index (χ1) is 14.7. The topological polar surface area (TPSA) is 77.5 Å². The number of nitrogens with zero attached hydrogens (tertiary/aromatic N) is 2. The normalized spacial score (nSPS) is 13.8. The van der Waals surface area contributed by atoms with Crippen molar-refractivity contribution in [2.75, 3.05) is 29.9 Å². The molecule has 30 heavy (non-hydrogen) atoms. The zero-order valence-electron chi connectivity index (χ0n) is 16.3. The predicted molar refractivity (Wildman–Crippen MR) is 121 cm³/mol. The van der Waals surface area contributed by atoms with Crippen LogP contribution in [0.15, 0.2) is 53.9 Å². The van der Waals surface area contributed by atoms with Gasteiger partial charge in [0.1, 0.15) is 5.82 Å². The van der Waals surface area contributed by atoms with Crippen LogP contribution in [0, 0.1) is 12.3 Å². The Morgan fingerprint density at radius 2 is 2.03 bits per heavy atom. The number of hydrogen-bond donors (Lipinski definition) is 3. The van der Waals surface area contributed by atoms with Crippen molar-refractivity contribution in [3.8, 4) is 23.5 Å². The maximum atomic E-state index is 12.5. The molecule has 0 spiro atoms. The molecule has 0 saturated carbocycles. The van der Waals surface area contributed by atoms with Crippen LogP contribution < -0.4 is 15.5 Å². The van der Waals surface area contributed by atoms with Crippen molar-refractivity contribution < 1.29 is 9.90 Å². The summed E-state index contributed by atoms with van der Waals surface area (Å²) in [6.45, 7) is 1.71. The van der Waals surface area contributed by atoms with Crippen LogP contribution in [0.3, 0.4) is 0 Å². The summed E-state index contributed by atoms with van der Waals surface area (Å²) >= 11 is 1.28. The van der Waals surface area contributed by atoms with E-state index in [4.69, 9.17) is 6.42 Å². The average molecular weight is 419 g/mol. The van der Waals surface area contributed by atoms with E-state index in [1.165, 1.54) is 11.3 Å². The maximum absolute atomic E-state index is 12.5. The first-order valence-electron chi connectivity index (χ1n) is 9.73. The number of aliphatic hydroxyl groups is 1. The minimum atomic E-state index is -0.545. The van der Waals surface area contributed by atoms with Gasteiger partial charge in [-0.2, -0.15) is 0 Å². The molecule has 0 bridgehead atoms. The zero-order valence-corrected chi connectivity index (χ0v) is 17.2. The number of aromatic nitrogens is 1. The number of carbonyl (C=O) groups excluding carboxylic acids is 1. The maximum Gasteiger partial charge on any atom is 0.320 e. The molecule has 6 nitrogen and oxygen atoms in total. The van der Waals surface area contributed by atoms with Crippen molar-refractivity contribution in [1.82, 2.24) is 10.3 Å². The molecule has 1 aliphatic heterocycles. The van der Waals surface area contributed by atoms with Crippen LogP contribution in [0.2, 0.25) is 0 Å². The standard InChI is InChI=1S/C23H22N4O2S/c1-2-22-25-21(15-30-22)26-23(29)24-19(14-28)18-10-9-17(16-7-4-3-5-8-16)13-20(18)27-11-6-12-27/h1,3-5,7-10,13,15,19,28H,6,11-12,14H2,(H2,24,26,29). The minimum absolute atomic E-state index is 0.217. The number of thiazole rings is 1. The molecule has 2 amide bonds. The molecule has 4 rings (SSSR count). The van der Waals surface area contributed by atoms with E-state index < -0.39 is 12.1 Å². The van der Waals surface area contributed by atoms with Gasteiger partial charge in [-0.25, -0.2) is 9.78 Å². The second-order valence-corrected chi connectivity index (χ2v) is 7.85. The SMILES string of the molecule is C#Cc1nc(NC(=O)NC(CO)c2ccc(-c3ccccc3)cc2N2CCC2)cs1. The van der Waals surface area contributed by atoms with Crippen LogP contribution in [-0.4, -0.2) is 35.8 Å². The lowest BCUT2D eigenvalue weighted by molar-refractivity contribution is 0.225. The second kappa shape index (κ2) is 8.99. The van der Waals surface area contributed by atoms with Crippen molar-refractivity contribution in [3.05, 3.63) is 64.5 Å². The number of terminal acetylenes is 1. The minimum Gasteiger partial charge on any atom is -0.394 e. The van der Waals surface area contributed by atoms with Gasteiger partial charge in [0, 0.05) is 29.7 Å². The van der Waals surface area contributed by atoms with Crippen LogP contribution in [0.5, 0.6) is 0 Å². The fourth-order valence-corrected chi connectivity index (χ4v) is 3.96. The number of nitrogens with one attached hydrogen (secondary N) is 2. The van der Waals surface area contributed by atoms with Gasteiger partial charge in [-0.15, -0.1) is 17.8 Å². The van der Waals surface area contributed by atoms with Crippen molar-refractivity contribution in [2.45, 2.75) is 12.5 Å². The van der Waals surface area contributed by atoms with Crippen molar-refractivity contribution in [1.29, 1.82) is 0 Å². The van der Waals surface area contributed by atoms with Crippen LogP contribution in [0.1, 0.15) is 23.0 Å². The van der Waals surface area contributed by atoms with Crippen molar-refractivity contribution in [3.63, 3.8) is 0 Å². The lowest BCUT2D eigenvalue weighted by Gasteiger charge is -2.36. The number of urea groups is 1. The largest absolute Gasteiger partial charge is 0.394 e. The smallest absolute Gasteiger partial charge is 0.320 e. The summed E-state index contributed by atoms with van der Waals surface area (Å²) in [6, 6.07) is 15.3. The van der Waals surface area contributed by atoms with Crippen molar-refractivity contribution in [2.24, 2.45) is 0 Å². The molecule has 7 heteroatoms. The van der Waals surface area contributed by atoms with Gasteiger partial charge >= 0.3 is 6.03 Å². The Bertz CT molecular complexity index is 1070. The van der Waals surface area contributed by atoms with E-state index in [2.05, 4.69) is 44.6 Å². The van der Waals surface area contributed by atoms with E-state index in [0.717, 1.165) is 41.9 Å². The molecule has 2 heterocycles. The van der Waals surface area contributed by atoms with E-state index in [-0.39, 0.29) is 6.61 Å². The molecule has 152 valence electrons. The Hall–Kier alpha value is -3.34. The quantitative estimate of drug-likeness (QED) is 0.532. The first-order valence-corrected chi connectivity index (χ1v) is 10.6. The summed E-state index contributed by atoms with van der Waals surface area (Å²) < 4.78 is 0. The van der Waals surface area contributed by atoms with E-state index in [9.17, 15) is 9.90 Å². The summed E-state index contributed by atoms with van der Waals surface area (Å²) in [4.78, 5) is 18.9. The van der Waals surface area contributed by atoms with E-state index in [0.29, 0.717) is 10.8 Å². The second-order valence-electron chi connectivity index (χ2n) is 7.00. The molecule has 1 atom stereocenters. The third-order valence-electron chi connectivity index (χ3n) is 5.07. The van der Waals surface area contributed by atoms with Gasteiger partial charge in [-0.05, 0) is 29.5 Å². The molecule has 1 saturated heterocycles. The molecular formula is C23H22N4O2S. The highest BCUT2D eigenvalue weighted by atomic mass is 32.1. The predicted octanol–water partition coefficient (Wildman–Crippen LogP) is 3.86. The van der Waals surface area contributed by atoms with Crippen LogP contribution in [-0.2, 0) is 0 Å². The lowest BCUT2D eigenvalue weighted by atomic mass is 9.96. The molecule has 1 aromatic heterocycles. The molecule has 1 fully saturated rings. The van der Waals surface area contributed by atoms with Gasteiger partial charge < -0.3 is 15.3 Å². The molecule has 1 aliphatic rings. The van der Waals surface area contributed by atoms with E-state index in [1.807, 2.05) is 30.3 Å². The first kappa shape index (κ1) is 20.0. The highest BCUT2D eigenvalue weighted by Gasteiger charge is 2.24. The highest BCUT2D eigenvalue weighted by molar-refractivity contribution is 7.10. The van der Waals surface area contributed by atoms with Gasteiger partial charge in [-0.3, -0.25) is 5.32 Å². The molecule has 2 aromatic carbocycles. The number of hydrogen-bond acceptors (Lipinski definition) is 5. The number of amides is 2. The molecule has 3 N–H and O–H groups in total. The van der Waals surface area contributed by atoms with Crippen LogP contribution in [0.4, 0.5) is 16.3 Å². The Labute approximate surface area is 179 Å². The third kappa shape index (κ3) is 4.30. The van der Waals surface area contributed by atoms with Gasteiger partial charge in [0.2, 0.25) is 0 Å². The van der Waals surface area contributed by atoms with Crippen molar-refractivity contribution >= 4 is 28.9 Å². The molecule has 0 aliphatic carbocycles. The summed E-state index contributed by atoms with van der Waals surface area (Å²) in [7, 11) is 0. The van der Waals surface area contributed by atoms with Gasteiger partial charge in [0.15, 0.2) is 5.01 Å². The van der Waals surface area contributed by atoms with Gasteiger partial charge in [-0.1, -0.05) is 42.5 Å². The van der Waals surface area contributed by atoms with E-state index in [1.54, 1.807) is 5.38 Å². The zero-order chi connectivity index (χ0) is 20.9. The summed E-state index contributed by atoms with van der Waals surface area (Å²) in [5, 5.41) is 17.7. The Morgan fingerprint density at radius 1 is 1.23 bits per heavy atom. The number of benzene rings is 2. The Balaban J connectivity index is 1.57. The van der Waals surface area contributed by atoms with Gasteiger partial charge in [0.25, 0.3) is 0 Å². The van der Waals surface area contributed by atoms with Crippen LogP contribution >= 0.6 is 11.3 Å². The summed E-state index contributed by atoms with van der Waals surface area (Å²) in [5.74, 6) is 2.83. The third-order valence-corrected chi connectivity index (χ3v) is 5.84. The number of anilines is 2. The van der Waals surface area contributed by atoms with Gasteiger partial charge in [0.05, 0.1) is 12.6 Å². The Morgan fingerprint density at radius 3 is 2.67 bits per heavy atom. The summed E-state index contributed by atoms with van der Waals surface area (Å²) in [5.41, 5.74) is 4.15. The number of aliphatic hydroxyl groups excluding tert-OH is 1. The van der Waals surface area contributed by atoms with Crippen LogP contribution in [0.25, 0.3) is 11.1 Å². The molecule has 3 aromatic rings. The molecule has 0 radical (unpaired) electrons. The molecular weight excluding hydrogens is 396 g/mol. The Kier molecular flexibility index (Phi) is 5.98. The fraction of sp³-hybridized carbons (Fsp3) is 0.217. The van der Waals surface area contributed by atoms with E-state index >= 15 is 0 Å². The molecule has 1 unspecified atom stereocenters. The monoisotopic (exact) mass is 418 g/mol.